The Balaban J connectivity index is 1.17. The molecule has 11 atom stereocenters. The van der Waals surface area contributed by atoms with Crippen molar-refractivity contribution in [2.24, 2.45) is 57.7 Å². The van der Waals surface area contributed by atoms with Gasteiger partial charge in [0.1, 0.15) is 5.75 Å². The summed E-state index contributed by atoms with van der Waals surface area (Å²) in [5, 5.41) is 29.0. The lowest BCUT2D eigenvalue weighted by atomic mass is 9.44. The fraction of sp³-hybridized carbons (Fsp3) is 0.696. The quantitative estimate of drug-likeness (QED) is 0.186. The van der Waals surface area contributed by atoms with E-state index in [2.05, 4.69) is 102 Å². The van der Waals surface area contributed by atoms with E-state index in [0.717, 1.165) is 55.4 Å². The number of fused-ring (bicyclic) bond motifs is 8. The number of aromatic hydroxyl groups is 1. The summed E-state index contributed by atoms with van der Waals surface area (Å²) in [6.07, 6.45) is 21.9. The van der Waals surface area contributed by atoms with Gasteiger partial charge in [-0.3, -0.25) is 0 Å². The second kappa shape index (κ2) is 15.6. The molecule has 4 fully saturated rings. The maximum Gasteiger partial charge on any atom is 0.116 e. The topological polar surface area (TPSA) is 64.5 Å². The zero-order valence-corrected chi connectivity index (χ0v) is 33.9. The van der Waals surface area contributed by atoms with Gasteiger partial charge in [-0.05, 0) is 196 Å². The average Bonchev–Trinajstić information content (AvgIpc) is 3.65. The third kappa shape index (κ3) is 7.68. The fourth-order valence-electron chi connectivity index (χ4n) is 13.6. The number of rotatable bonds is 3. The van der Waals surface area contributed by atoms with Crippen molar-refractivity contribution >= 4 is 21.6 Å². The van der Waals surface area contributed by atoms with Crippen molar-refractivity contribution in [3.63, 3.8) is 0 Å². The van der Waals surface area contributed by atoms with Gasteiger partial charge in [0.2, 0.25) is 0 Å². The Bertz CT molecular complexity index is 1580. The van der Waals surface area contributed by atoms with E-state index in [1.54, 1.807) is 0 Å². The molecule has 8 rings (SSSR count). The van der Waals surface area contributed by atoms with Crippen molar-refractivity contribution in [2.75, 3.05) is 31.7 Å². The maximum atomic E-state index is 11.2. The Morgan fingerprint density at radius 3 is 2.58 bits per heavy atom. The SMILES string of the molecule is CNC[C@H]1C[C@]2(C[C@H]3[C@@H]4Cc5cc(O)cc(c5)Cc5ccccc5CN[C@@H](C)CSSC[C@@H](C4)C[C@@H]3[C@]3(C=CC[C@H](C)C3)C2)C[C@@]12CC[C@H](CO)C2. The van der Waals surface area contributed by atoms with Crippen LogP contribution in [0.3, 0.4) is 0 Å². The summed E-state index contributed by atoms with van der Waals surface area (Å²) in [6, 6.07) is 15.9. The van der Waals surface area contributed by atoms with Crippen LogP contribution in [0, 0.1) is 57.7 Å². The van der Waals surface area contributed by atoms with Gasteiger partial charge in [-0.25, -0.2) is 0 Å². The van der Waals surface area contributed by atoms with Gasteiger partial charge in [-0.1, -0.05) is 71.0 Å². The molecule has 284 valence electrons. The van der Waals surface area contributed by atoms with Gasteiger partial charge in [0.05, 0.1) is 0 Å². The van der Waals surface area contributed by atoms with Crippen molar-refractivity contribution in [1.29, 1.82) is 0 Å². The van der Waals surface area contributed by atoms with E-state index >= 15 is 0 Å². The van der Waals surface area contributed by atoms with Crippen molar-refractivity contribution in [2.45, 2.75) is 110 Å². The Labute approximate surface area is 323 Å². The van der Waals surface area contributed by atoms with E-state index < -0.39 is 0 Å². The Morgan fingerprint density at radius 1 is 0.942 bits per heavy atom. The minimum atomic E-state index is 0.297. The first-order valence-electron chi connectivity index (χ1n) is 21.0. The highest BCUT2D eigenvalue weighted by molar-refractivity contribution is 8.76. The lowest BCUT2D eigenvalue weighted by Gasteiger charge is -2.61. The Kier molecular flexibility index (Phi) is 11.2. The van der Waals surface area contributed by atoms with Crippen LogP contribution < -0.4 is 10.6 Å². The van der Waals surface area contributed by atoms with E-state index in [1.807, 2.05) is 6.07 Å². The average molecular weight is 743 g/mol. The highest BCUT2D eigenvalue weighted by Gasteiger charge is 2.63. The van der Waals surface area contributed by atoms with Crippen LogP contribution in [0.25, 0.3) is 0 Å². The number of nitrogens with one attached hydrogen (secondary N) is 2. The largest absolute Gasteiger partial charge is 0.508 e. The molecule has 2 aromatic carbocycles. The first-order valence-corrected chi connectivity index (χ1v) is 23.5. The molecular weight excluding hydrogens is 677 g/mol. The number of aliphatic hydroxyl groups excluding tert-OH is 1. The molecular formula is C46H66N2O2S2. The molecule has 4 nitrogen and oxygen atoms in total. The van der Waals surface area contributed by atoms with Crippen LogP contribution in [0.15, 0.2) is 54.6 Å². The third-order valence-corrected chi connectivity index (χ3v) is 18.0. The second-order valence-electron chi connectivity index (χ2n) is 19.2. The van der Waals surface area contributed by atoms with Gasteiger partial charge in [0.15, 0.2) is 0 Å². The first kappa shape index (κ1) is 37.5. The summed E-state index contributed by atoms with van der Waals surface area (Å²) in [4.78, 5) is 0. The predicted octanol–water partition coefficient (Wildman–Crippen LogP) is 9.82. The molecule has 0 amide bonds. The minimum Gasteiger partial charge on any atom is -0.508 e. The van der Waals surface area contributed by atoms with E-state index in [-0.39, 0.29) is 0 Å². The molecule has 4 bridgehead atoms. The number of benzene rings is 2. The number of phenols is 1. The molecule has 1 heterocycles. The van der Waals surface area contributed by atoms with Gasteiger partial charge < -0.3 is 20.8 Å². The summed E-state index contributed by atoms with van der Waals surface area (Å²) in [5.41, 5.74) is 6.38. The monoisotopic (exact) mass is 742 g/mol. The van der Waals surface area contributed by atoms with Crippen LogP contribution in [0.5, 0.6) is 5.75 Å². The molecule has 0 saturated heterocycles. The van der Waals surface area contributed by atoms with Crippen LogP contribution in [-0.2, 0) is 19.4 Å². The molecule has 3 spiro atoms. The zero-order chi connectivity index (χ0) is 35.9. The highest BCUT2D eigenvalue weighted by Crippen LogP contribution is 2.72. The van der Waals surface area contributed by atoms with Crippen molar-refractivity contribution in [1.82, 2.24) is 10.6 Å². The zero-order valence-electron chi connectivity index (χ0n) is 32.3. The molecule has 1 aliphatic heterocycles. The molecule has 4 saturated carbocycles. The lowest BCUT2D eigenvalue weighted by Crippen LogP contribution is -2.52. The smallest absolute Gasteiger partial charge is 0.116 e. The summed E-state index contributed by atoms with van der Waals surface area (Å²) in [5.74, 6) is 7.60. The van der Waals surface area contributed by atoms with Crippen LogP contribution in [-0.4, -0.2) is 48.0 Å². The van der Waals surface area contributed by atoms with Gasteiger partial charge in [0, 0.05) is 30.7 Å². The number of aliphatic hydroxyl groups is 1. The van der Waals surface area contributed by atoms with Gasteiger partial charge >= 0.3 is 0 Å². The standard InChI is InChI=1S/C46H66N2O2S2/c1-31-7-6-11-46(20-31)30-44(22-40(25-47-3)45(29-44)12-10-33(21-45)26-49)23-42-39-15-35-13-34(17-41(50)18-35)14-37-8-4-5-9-38(37)24-48-32(2)27-51-52-28-36(16-39)19-43(42)46/h4-6,8-9,11,13,17-18,31-33,36,39-40,42-43,47-50H,7,10,12,14-16,19-30H2,1-3H3/t31-,32-,33-,36-,39+,40+,42-,43-,44-,45-,46-/m0/s1. The highest BCUT2D eigenvalue weighted by atomic mass is 33.1. The maximum absolute atomic E-state index is 11.2. The van der Waals surface area contributed by atoms with Crippen molar-refractivity contribution in [3.05, 3.63) is 76.9 Å². The number of allylic oxidation sites excluding steroid dienone is 2. The van der Waals surface area contributed by atoms with Crippen LogP contribution in [0.4, 0.5) is 0 Å². The molecule has 6 aliphatic rings. The number of hydrogen-bond donors (Lipinski definition) is 4. The predicted molar refractivity (Wildman–Crippen MR) is 221 cm³/mol. The van der Waals surface area contributed by atoms with Crippen LogP contribution in [0.1, 0.15) is 107 Å². The summed E-state index contributed by atoms with van der Waals surface area (Å²) in [6.45, 7) is 7.24. The van der Waals surface area contributed by atoms with E-state index in [9.17, 15) is 10.2 Å². The summed E-state index contributed by atoms with van der Waals surface area (Å²) in [7, 11) is 6.39. The number of phenolic OH excluding ortho intramolecular Hbond substituents is 1. The van der Waals surface area contributed by atoms with Gasteiger partial charge in [0.25, 0.3) is 0 Å². The lowest BCUT2D eigenvalue weighted by molar-refractivity contribution is -0.0845. The minimum absolute atomic E-state index is 0.297. The van der Waals surface area contributed by atoms with Crippen LogP contribution in [0.2, 0.25) is 0 Å². The van der Waals surface area contributed by atoms with Crippen molar-refractivity contribution in [3.8, 4) is 5.75 Å². The van der Waals surface area contributed by atoms with Gasteiger partial charge in [-0.15, -0.1) is 0 Å². The molecule has 0 aromatic heterocycles. The third-order valence-electron chi connectivity index (χ3n) is 15.3. The molecule has 0 unspecified atom stereocenters. The first-order chi connectivity index (χ1) is 25.2. The molecule has 5 aliphatic carbocycles. The van der Waals surface area contributed by atoms with E-state index in [0.29, 0.717) is 52.4 Å². The number of hydrogen-bond acceptors (Lipinski definition) is 6. The Hall–Kier alpha value is -1.44. The summed E-state index contributed by atoms with van der Waals surface area (Å²) >= 11 is 0. The molecule has 2 aromatic rings. The molecule has 0 radical (unpaired) electrons. The van der Waals surface area contributed by atoms with E-state index in [1.165, 1.54) is 98.6 Å². The molecule has 4 N–H and O–H groups in total. The molecule has 6 heteroatoms. The van der Waals surface area contributed by atoms with Crippen molar-refractivity contribution < 1.29 is 10.2 Å². The van der Waals surface area contributed by atoms with E-state index in [4.69, 9.17) is 0 Å². The Morgan fingerprint density at radius 2 is 1.77 bits per heavy atom. The fourth-order valence-corrected chi connectivity index (χ4v) is 16.3. The normalized spacial score (nSPS) is 40.8. The second-order valence-corrected chi connectivity index (χ2v) is 21.8. The van der Waals surface area contributed by atoms with Crippen LogP contribution >= 0.6 is 21.6 Å². The molecule has 52 heavy (non-hydrogen) atoms. The van der Waals surface area contributed by atoms with Gasteiger partial charge in [-0.2, -0.15) is 0 Å². The summed E-state index contributed by atoms with van der Waals surface area (Å²) < 4.78 is 0.